The Balaban J connectivity index is 3.26. The number of anilines is 1. The van der Waals surface area contributed by atoms with Crippen molar-refractivity contribution in [2.24, 2.45) is 5.90 Å². The number of hydrogen-bond donors (Lipinski definition) is 2. The summed E-state index contributed by atoms with van der Waals surface area (Å²) in [6, 6.07) is 6.30. The van der Waals surface area contributed by atoms with Gasteiger partial charge < -0.3 is 15.3 Å². The molecule has 0 saturated heterocycles. The van der Waals surface area contributed by atoms with E-state index in [1.54, 1.807) is 45.0 Å². The summed E-state index contributed by atoms with van der Waals surface area (Å²) in [4.78, 5) is 28.6. The fourth-order valence-corrected chi connectivity index (χ4v) is 1.63. The maximum Gasteiger partial charge on any atom is 0.346 e. The molecule has 1 aromatic carbocycles. The Bertz CT molecular complexity index is 505. The Labute approximate surface area is 118 Å². The molecule has 0 heterocycles. The number of nitrogens with two attached hydrogens (primary N) is 2. The average molecular weight is 280 g/mol. The van der Waals surface area contributed by atoms with E-state index in [0.29, 0.717) is 11.3 Å². The molecular formula is C14H20N2O4. The first-order valence-corrected chi connectivity index (χ1v) is 6.12. The molecule has 4 N–H and O–H groups in total. The second kappa shape index (κ2) is 5.50. The van der Waals surface area contributed by atoms with E-state index in [9.17, 15) is 9.59 Å². The van der Waals surface area contributed by atoms with Crippen LogP contribution in [0.2, 0.25) is 0 Å². The minimum atomic E-state index is -1.64. The van der Waals surface area contributed by atoms with Gasteiger partial charge >= 0.3 is 11.9 Å². The number of nitrogen functional groups attached to an aromatic ring is 1. The Hall–Kier alpha value is -2.08. The number of carbonyl (C=O) groups is 2. The number of hydrogen-bond acceptors (Lipinski definition) is 6. The van der Waals surface area contributed by atoms with E-state index < -0.39 is 23.0 Å². The molecule has 110 valence electrons. The highest BCUT2D eigenvalue weighted by molar-refractivity contribution is 6.05. The third-order valence-electron chi connectivity index (χ3n) is 2.81. The van der Waals surface area contributed by atoms with Crippen LogP contribution in [-0.4, -0.2) is 17.5 Å². The van der Waals surface area contributed by atoms with Gasteiger partial charge in [-0.1, -0.05) is 12.1 Å². The second-order valence-corrected chi connectivity index (χ2v) is 5.65. The number of ether oxygens (including phenoxy) is 1. The van der Waals surface area contributed by atoms with Gasteiger partial charge in [0, 0.05) is 5.69 Å². The van der Waals surface area contributed by atoms with Crippen LogP contribution in [-0.2, 0) is 24.6 Å². The Kier molecular flexibility index (Phi) is 4.39. The van der Waals surface area contributed by atoms with E-state index in [4.69, 9.17) is 16.4 Å². The molecule has 0 fully saturated rings. The summed E-state index contributed by atoms with van der Waals surface area (Å²) in [7, 11) is 0. The van der Waals surface area contributed by atoms with E-state index in [1.165, 1.54) is 6.92 Å². The van der Waals surface area contributed by atoms with Crippen molar-refractivity contribution < 1.29 is 19.2 Å². The fourth-order valence-electron chi connectivity index (χ4n) is 1.63. The lowest BCUT2D eigenvalue weighted by Gasteiger charge is -2.29. The summed E-state index contributed by atoms with van der Waals surface area (Å²) in [6.07, 6.45) is 0. The zero-order valence-corrected chi connectivity index (χ0v) is 12.1. The van der Waals surface area contributed by atoms with Gasteiger partial charge in [0.25, 0.3) is 0 Å². The van der Waals surface area contributed by atoms with Gasteiger partial charge in [-0.05, 0) is 45.4 Å². The number of benzene rings is 1. The van der Waals surface area contributed by atoms with Gasteiger partial charge in [0.15, 0.2) is 5.41 Å². The molecule has 0 aromatic heterocycles. The van der Waals surface area contributed by atoms with E-state index in [1.807, 2.05) is 0 Å². The van der Waals surface area contributed by atoms with Crippen molar-refractivity contribution in [1.29, 1.82) is 0 Å². The molecule has 6 heteroatoms. The lowest BCUT2D eigenvalue weighted by molar-refractivity contribution is -0.171. The second-order valence-electron chi connectivity index (χ2n) is 5.65. The topological polar surface area (TPSA) is 105 Å². The molecule has 0 aliphatic rings. The molecule has 0 aliphatic carbocycles. The van der Waals surface area contributed by atoms with Crippen LogP contribution in [0.1, 0.15) is 33.3 Å². The molecule has 0 radical (unpaired) electrons. The van der Waals surface area contributed by atoms with Gasteiger partial charge in [-0.2, -0.15) is 5.90 Å². The molecule has 20 heavy (non-hydrogen) atoms. The third-order valence-corrected chi connectivity index (χ3v) is 2.81. The Morgan fingerprint density at radius 1 is 1.00 bits per heavy atom. The van der Waals surface area contributed by atoms with Gasteiger partial charge in [0.2, 0.25) is 0 Å². The maximum atomic E-state index is 12.4. The summed E-state index contributed by atoms with van der Waals surface area (Å²) in [6.45, 7) is 6.54. The van der Waals surface area contributed by atoms with Crippen LogP contribution in [0.15, 0.2) is 24.3 Å². The van der Waals surface area contributed by atoms with E-state index in [-0.39, 0.29) is 0 Å². The molecule has 0 amide bonds. The van der Waals surface area contributed by atoms with Crippen molar-refractivity contribution in [2.45, 2.75) is 38.7 Å². The summed E-state index contributed by atoms with van der Waals surface area (Å²) in [5, 5.41) is 0. The van der Waals surface area contributed by atoms with Crippen LogP contribution in [0.4, 0.5) is 5.69 Å². The van der Waals surface area contributed by atoms with Crippen molar-refractivity contribution >= 4 is 17.6 Å². The van der Waals surface area contributed by atoms with Crippen molar-refractivity contribution in [3.8, 4) is 0 Å². The minimum absolute atomic E-state index is 0.399. The van der Waals surface area contributed by atoms with Crippen LogP contribution < -0.4 is 11.6 Å². The SMILES string of the molecule is CC(C)(C)OC(=O)C(C)(C(=O)ON)c1ccc(N)cc1. The van der Waals surface area contributed by atoms with Gasteiger partial charge in [0.05, 0.1) is 0 Å². The lowest BCUT2D eigenvalue weighted by Crippen LogP contribution is -2.46. The highest BCUT2D eigenvalue weighted by atomic mass is 16.7. The largest absolute Gasteiger partial charge is 0.459 e. The average Bonchev–Trinajstić information content (AvgIpc) is 2.35. The number of rotatable bonds is 3. The summed E-state index contributed by atoms with van der Waals surface area (Å²) < 4.78 is 5.28. The Morgan fingerprint density at radius 2 is 1.50 bits per heavy atom. The van der Waals surface area contributed by atoms with Gasteiger partial charge in [-0.15, -0.1) is 0 Å². The molecule has 0 spiro atoms. The first-order valence-electron chi connectivity index (χ1n) is 6.12. The molecule has 1 aromatic rings. The third kappa shape index (κ3) is 3.27. The standard InChI is InChI=1S/C14H20N2O4/c1-13(2,3)19-11(17)14(4,12(18)20-16)9-5-7-10(15)8-6-9/h5-8H,15-16H2,1-4H3. The Morgan fingerprint density at radius 3 is 1.90 bits per heavy atom. The zero-order chi connectivity index (χ0) is 15.6. The van der Waals surface area contributed by atoms with E-state index >= 15 is 0 Å². The van der Waals surface area contributed by atoms with Crippen LogP contribution in [0.25, 0.3) is 0 Å². The summed E-state index contributed by atoms with van der Waals surface area (Å²) in [5.41, 5.74) is 4.14. The molecule has 0 aliphatic heterocycles. The highest BCUT2D eigenvalue weighted by Crippen LogP contribution is 2.29. The molecular weight excluding hydrogens is 260 g/mol. The predicted octanol–water partition coefficient (Wildman–Crippen LogP) is 1.29. The summed E-state index contributed by atoms with van der Waals surface area (Å²) in [5.74, 6) is 3.32. The van der Waals surface area contributed by atoms with Crippen LogP contribution in [0, 0.1) is 0 Å². The monoisotopic (exact) mass is 280 g/mol. The van der Waals surface area contributed by atoms with Crippen LogP contribution in [0.3, 0.4) is 0 Å². The van der Waals surface area contributed by atoms with E-state index in [2.05, 4.69) is 4.84 Å². The first kappa shape index (κ1) is 16.0. The summed E-state index contributed by atoms with van der Waals surface area (Å²) >= 11 is 0. The smallest absolute Gasteiger partial charge is 0.346 e. The molecule has 1 atom stereocenters. The lowest BCUT2D eigenvalue weighted by atomic mass is 9.82. The minimum Gasteiger partial charge on any atom is -0.459 e. The molecule has 1 unspecified atom stereocenters. The quantitative estimate of drug-likeness (QED) is 0.374. The van der Waals surface area contributed by atoms with Crippen molar-refractivity contribution in [3.05, 3.63) is 29.8 Å². The van der Waals surface area contributed by atoms with Crippen LogP contribution in [0.5, 0.6) is 0 Å². The molecule has 0 bridgehead atoms. The van der Waals surface area contributed by atoms with Gasteiger partial charge in [-0.3, -0.25) is 4.79 Å². The fraction of sp³-hybridized carbons (Fsp3) is 0.429. The van der Waals surface area contributed by atoms with E-state index in [0.717, 1.165) is 0 Å². The van der Waals surface area contributed by atoms with Crippen LogP contribution >= 0.6 is 0 Å². The predicted molar refractivity (Wildman–Crippen MR) is 74.3 cm³/mol. The maximum absolute atomic E-state index is 12.4. The van der Waals surface area contributed by atoms with Crippen molar-refractivity contribution in [1.82, 2.24) is 0 Å². The zero-order valence-electron chi connectivity index (χ0n) is 12.1. The number of carbonyl (C=O) groups excluding carboxylic acids is 2. The molecule has 0 saturated carbocycles. The molecule has 1 rings (SSSR count). The van der Waals surface area contributed by atoms with Gasteiger partial charge in [-0.25, -0.2) is 4.79 Å². The normalized spacial score (nSPS) is 14.2. The van der Waals surface area contributed by atoms with Crippen molar-refractivity contribution in [2.75, 3.05) is 5.73 Å². The molecule has 6 nitrogen and oxygen atoms in total. The highest BCUT2D eigenvalue weighted by Gasteiger charge is 2.47. The number of esters is 1. The van der Waals surface area contributed by atoms with Gasteiger partial charge in [0.1, 0.15) is 5.60 Å². The first-order chi connectivity index (χ1) is 9.11. The van der Waals surface area contributed by atoms with Crippen molar-refractivity contribution in [3.63, 3.8) is 0 Å².